The maximum atomic E-state index is 11.9. The van der Waals surface area contributed by atoms with Gasteiger partial charge in [0.1, 0.15) is 13.2 Å². The summed E-state index contributed by atoms with van der Waals surface area (Å²) in [5.74, 6) is -1.75. The first-order valence-electron chi connectivity index (χ1n) is 11.9. The van der Waals surface area contributed by atoms with Gasteiger partial charge in [-0.25, -0.2) is 4.79 Å². The van der Waals surface area contributed by atoms with Gasteiger partial charge in [0, 0.05) is 18.4 Å². The first kappa shape index (κ1) is 29.0. The SMILES string of the molecule is C=C(CC(=O)OCC(=O)CCCCCCCC)C(=O)OCC(=O)CCCCCCCC. The quantitative estimate of drug-likeness (QED) is 0.131. The van der Waals surface area contributed by atoms with Crippen LogP contribution >= 0.6 is 0 Å². The fraction of sp³-hybridized carbons (Fsp3) is 0.760. The monoisotopic (exact) mass is 438 g/mol. The van der Waals surface area contributed by atoms with Crippen molar-refractivity contribution in [1.29, 1.82) is 0 Å². The molecule has 0 spiro atoms. The smallest absolute Gasteiger partial charge is 0.334 e. The molecule has 0 saturated carbocycles. The number of carbonyl (C=O) groups is 4. The number of hydrogen-bond acceptors (Lipinski definition) is 6. The molecule has 0 N–H and O–H groups in total. The molecule has 0 amide bonds. The second-order valence-corrected chi connectivity index (χ2v) is 8.13. The van der Waals surface area contributed by atoms with Crippen molar-refractivity contribution >= 4 is 23.5 Å². The van der Waals surface area contributed by atoms with Gasteiger partial charge < -0.3 is 9.47 Å². The van der Waals surface area contributed by atoms with Crippen LogP contribution in [-0.4, -0.2) is 36.7 Å². The van der Waals surface area contributed by atoms with Gasteiger partial charge in [-0.1, -0.05) is 84.6 Å². The third-order valence-corrected chi connectivity index (χ3v) is 5.02. The summed E-state index contributed by atoms with van der Waals surface area (Å²) in [6.45, 7) is 7.24. The molecule has 0 atom stereocenters. The van der Waals surface area contributed by atoms with Crippen molar-refractivity contribution in [2.45, 2.75) is 110 Å². The molecule has 0 rings (SSSR count). The molecule has 0 aromatic carbocycles. The average molecular weight is 439 g/mol. The summed E-state index contributed by atoms with van der Waals surface area (Å²) >= 11 is 0. The Labute approximate surface area is 188 Å². The van der Waals surface area contributed by atoms with Crippen LogP contribution in [0.2, 0.25) is 0 Å². The van der Waals surface area contributed by atoms with Crippen LogP contribution in [0, 0.1) is 0 Å². The number of unbranched alkanes of at least 4 members (excludes halogenated alkanes) is 10. The summed E-state index contributed by atoms with van der Waals surface area (Å²) in [7, 11) is 0. The van der Waals surface area contributed by atoms with E-state index >= 15 is 0 Å². The van der Waals surface area contributed by atoms with Crippen LogP contribution in [0.25, 0.3) is 0 Å². The molecule has 0 aliphatic heterocycles. The molecule has 0 aliphatic carbocycles. The van der Waals surface area contributed by atoms with Crippen molar-refractivity contribution in [3.8, 4) is 0 Å². The highest BCUT2D eigenvalue weighted by Gasteiger charge is 2.16. The van der Waals surface area contributed by atoms with Gasteiger partial charge in [0.2, 0.25) is 0 Å². The fourth-order valence-electron chi connectivity index (χ4n) is 3.06. The van der Waals surface area contributed by atoms with E-state index in [9.17, 15) is 19.2 Å². The lowest BCUT2D eigenvalue weighted by Crippen LogP contribution is -2.19. The number of esters is 2. The van der Waals surface area contributed by atoms with Crippen molar-refractivity contribution in [3.05, 3.63) is 12.2 Å². The zero-order chi connectivity index (χ0) is 23.3. The Bertz CT molecular complexity index is 552. The van der Waals surface area contributed by atoms with Crippen molar-refractivity contribution in [1.82, 2.24) is 0 Å². The van der Waals surface area contributed by atoms with Crippen molar-refractivity contribution in [2.75, 3.05) is 13.2 Å². The van der Waals surface area contributed by atoms with E-state index < -0.39 is 11.9 Å². The minimum absolute atomic E-state index is 0.0826. The molecule has 0 heterocycles. The summed E-state index contributed by atoms with van der Waals surface area (Å²) in [6.07, 6.45) is 13.4. The van der Waals surface area contributed by atoms with Crippen molar-refractivity contribution in [3.63, 3.8) is 0 Å². The number of hydrogen-bond donors (Lipinski definition) is 0. The van der Waals surface area contributed by atoms with Gasteiger partial charge in [-0.05, 0) is 12.8 Å². The highest BCUT2D eigenvalue weighted by molar-refractivity contribution is 5.95. The van der Waals surface area contributed by atoms with E-state index in [2.05, 4.69) is 20.4 Å². The summed E-state index contributed by atoms with van der Waals surface area (Å²) in [6, 6.07) is 0. The number of ether oxygens (including phenoxy) is 2. The summed E-state index contributed by atoms with van der Waals surface area (Å²) in [4.78, 5) is 47.2. The fourth-order valence-corrected chi connectivity index (χ4v) is 3.06. The van der Waals surface area contributed by atoms with Crippen LogP contribution in [0.4, 0.5) is 0 Å². The Hall–Kier alpha value is -1.98. The normalized spacial score (nSPS) is 10.5. The lowest BCUT2D eigenvalue weighted by atomic mass is 10.1. The molecule has 0 aromatic rings. The van der Waals surface area contributed by atoms with E-state index in [1.165, 1.54) is 38.5 Å². The molecule has 178 valence electrons. The van der Waals surface area contributed by atoms with Crippen molar-refractivity contribution in [2.24, 2.45) is 0 Å². The van der Waals surface area contributed by atoms with Crippen LogP contribution < -0.4 is 0 Å². The molecule has 6 nitrogen and oxygen atoms in total. The van der Waals surface area contributed by atoms with Gasteiger partial charge in [-0.15, -0.1) is 0 Å². The summed E-state index contributed by atoms with van der Waals surface area (Å²) < 4.78 is 9.83. The first-order chi connectivity index (χ1) is 14.9. The largest absolute Gasteiger partial charge is 0.457 e. The maximum absolute atomic E-state index is 11.9. The summed E-state index contributed by atoms with van der Waals surface area (Å²) in [5, 5.41) is 0. The molecule has 0 radical (unpaired) electrons. The Balaban J connectivity index is 3.83. The average Bonchev–Trinajstić information content (AvgIpc) is 2.75. The molecule has 0 saturated heterocycles. The van der Waals surface area contributed by atoms with Gasteiger partial charge in [0.05, 0.1) is 6.42 Å². The van der Waals surface area contributed by atoms with Crippen LogP contribution in [0.3, 0.4) is 0 Å². The highest BCUT2D eigenvalue weighted by Crippen LogP contribution is 2.09. The van der Waals surface area contributed by atoms with E-state index in [0.717, 1.165) is 38.5 Å². The third kappa shape index (κ3) is 18.5. The Morgan fingerprint density at radius 1 is 0.613 bits per heavy atom. The molecule has 0 aliphatic rings. The minimum atomic E-state index is -0.786. The van der Waals surface area contributed by atoms with E-state index in [0.29, 0.717) is 12.8 Å². The third-order valence-electron chi connectivity index (χ3n) is 5.02. The van der Waals surface area contributed by atoms with Crippen LogP contribution in [0.5, 0.6) is 0 Å². The van der Waals surface area contributed by atoms with E-state index in [-0.39, 0.29) is 36.8 Å². The number of carbonyl (C=O) groups excluding carboxylic acids is 4. The molecule has 6 heteroatoms. The maximum Gasteiger partial charge on any atom is 0.334 e. The molecular weight excluding hydrogens is 396 g/mol. The molecular formula is C25H42O6. The Kier molecular flexibility index (Phi) is 18.7. The molecule has 0 aromatic heterocycles. The number of Topliss-reactive ketones (excluding diaryl/α,β-unsaturated/α-hetero) is 2. The second kappa shape index (κ2) is 20.0. The van der Waals surface area contributed by atoms with E-state index in [1.54, 1.807) is 0 Å². The number of ketones is 2. The Morgan fingerprint density at radius 3 is 1.52 bits per heavy atom. The molecule has 0 unspecified atom stereocenters. The van der Waals surface area contributed by atoms with Crippen LogP contribution in [0.15, 0.2) is 12.2 Å². The second-order valence-electron chi connectivity index (χ2n) is 8.13. The van der Waals surface area contributed by atoms with Gasteiger partial charge in [-0.2, -0.15) is 0 Å². The van der Waals surface area contributed by atoms with E-state index in [4.69, 9.17) is 9.47 Å². The highest BCUT2D eigenvalue weighted by atomic mass is 16.5. The van der Waals surface area contributed by atoms with Gasteiger partial charge in [0.25, 0.3) is 0 Å². The molecule has 0 fully saturated rings. The predicted octanol–water partition coefficient (Wildman–Crippen LogP) is 5.66. The number of rotatable bonds is 21. The minimum Gasteiger partial charge on any atom is -0.457 e. The van der Waals surface area contributed by atoms with Crippen LogP contribution in [-0.2, 0) is 28.7 Å². The zero-order valence-corrected chi connectivity index (χ0v) is 19.7. The van der Waals surface area contributed by atoms with E-state index in [1.807, 2.05) is 0 Å². The summed E-state index contributed by atoms with van der Waals surface area (Å²) in [5.41, 5.74) is -0.0826. The van der Waals surface area contributed by atoms with Gasteiger partial charge in [0.15, 0.2) is 11.6 Å². The molecule has 0 bridgehead atoms. The van der Waals surface area contributed by atoms with Gasteiger partial charge >= 0.3 is 11.9 Å². The predicted molar refractivity (Wildman–Crippen MR) is 122 cm³/mol. The Morgan fingerprint density at radius 2 is 1.03 bits per heavy atom. The lowest BCUT2D eigenvalue weighted by Gasteiger charge is -2.07. The standard InChI is InChI=1S/C25H42O6/c1-4-6-8-10-12-14-16-22(26)19-30-24(28)18-21(3)25(29)31-20-23(27)17-15-13-11-9-7-5-2/h3-20H2,1-2H3. The van der Waals surface area contributed by atoms with Crippen molar-refractivity contribution < 1.29 is 28.7 Å². The molecule has 31 heavy (non-hydrogen) atoms. The first-order valence-corrected chi connectivity index (χ1v) is 11.9. The van der Waals surface area contributed by atoms with Crippen LogP contribution in [0.1, 0.15) is 110 Å². The van der Waals surface area contributed by atoms with Gasteiger partial charge in [-0.3, -0.25) is 14.4 Å². The lowest BCUT2D eigenvalue weighted by molar-refractivity contribution is -0.149. The zero-order valence-electron chi connectivity index (χ0n) is 19.7. The topological polar surface area (TPSA) is 86.7 Å².